The zero-order valence-electron chi connectivity index (χ0n) is 10.3. The van der Waals surface area contributed by atoms with Gasteiger partial charge in [0.05, 0.1) is 10.7 Å². The van der Waals surface area contributed by atoms with Crippen LogP contribution in [0, 0.1) is 0 Å². The fourth-order valence-corrected chi connectivity index (χ4v) is 2.19. The van der Waals surface area contributed by atoms with Gasteiger partial charge in [0, 0.05) is 29.6 Å². The van der Waals surface area contributed by atoms with Gasteiger partial charge in [-0.1, -0.05) is 53.5 Å². The van der Waals surface area contributed by atoms with Gasteiger partial charge in [0.1, 0.15) is 5.15 Å². The summed E-state index contributed by atoms with van der Waals surface area (Å²) >= 11 is 12.0. The minimum Gasteiger partial charge on any atom is -0.262 e. The topological polar surface area (TPSA) is 38.7 Å². The molecule has 20 heavy (non-hydrogen) atoms. The number of aromatic nitrogens is 3. The van der Waals surface area contributed by atoms with E-state index in [1.165, 1.54) is 0 Å². The highest BCUT2D eigenvalue weighted by molar-refractivity contribution is 6.31. The van der Waals surface area contributed by atoms with E-state index in [4.69, 9.17) is 23.2 Å². The molecule has 0 radical (unpaired) electrons. The van der Waals surface area contributed by atoms with Crippen molar-refractivity contribution in [2.45, 2.75) is 0 Å². The zero-order chi connectivity index (χ0) is 13.9. The molecule has 0 N–H and O–H groups in total. The van der Waals surface area contributed by atoms with Crippen LogP contribution in [0.3, 0.4) is 0 Å². The Hall–Kier alpha value is -1.97. The number of pyridine rings is 1. The molecular formula is C15H9Cl2N3. The Morgan fingerprint density at radius 1 is 0.800 bits per heavy atom. The summed E-state index contributed by atoms with van der Waals surface area (Å²) in [7, 11) is 0. The number of benzene rings is 1. The molecule has 0 fully saturated rings. The Balaban J connectivity index is 2.12. The largest absolute Gasteiger partial charge is 0.262 e. The molecule has 2 heterocycles. The lowest BCUT2D eigenvalue weighted by Gasteiger charge is -2.05. The predicted octanol–water partition coefficient (Wildman–Crippen LogP) is 4.51. The van der Waals surface area contributed by atoms with E-state index >= 15 is 0 Å². The van der Waals surface area contributed by atoms with Gasteiger partial charge in [0.25, 0.3) is 0 Å². The van der Waals surface area contributed by atoms with Crippen LogP contribution in [0.15, 0.2) is 54.9 Å². The van der Waals surface area contributed by atoms with E-state index in [0.29, 0.717) is 21.7 Å². The smallest absolute Gasteiger partial charge is 0.161 e. The molecule has 0 aliphatic carbocycles. The van der Waals surface area contributed by atoms with Gasteiger partial charge in [0.15, 0.2) is 5.82 Å². The van der Waals surface area contributed by atoms with Gasteiger partial charge in [0.2, 0.25) is 0 Å². The number of halogens is 2. The molecule has 0 saturated heterocycles. The third-order valence-electron chi connectivity index (χ3n) is 2.73. The number of hydrogen-bond acceptors (Lipinski definition) is 3. The molecule has 1 aromatic carbocycles. The van der Waals surface area contributed by atoms with Crippen LogP contribution in [-0.4, -0.2) is 15.0 Å². The molecule has 0 aliphatic heterocycles. The molecule has 3 nitrogen and oxygen atoms in total. The first-order valence-corrected chi connectivity index (χ1v) is 6.69. The van der Waals surface area contributed by atoms with Crippen molar-refractivity contribution in [2.24, 2.45) is 0 Å². The highest BCUT2D eigenvalue weighted by Gasteiger charge is 2.08. The summed E-state index contributed by atoms with van der Waals surface area (Å²) < 4.78 is 0. The van der Waals surface area contributed by atoms with Gasteiger partial charge in [-0.2, -0.15) is 0 Å². The van der Waals surface area contributed by atoms with Crippen LogP contribution >= 0.6 is 23.2 Å². The molecule has 0 atom stereocenters. The second-order valence-electron chi connectivity index (χ2n) is 4.16. The molecule has 5 heteroatoms. The number of rotatable bonds is 2. The van der Waals surface area contributed by atoms with Gasteiger partial charge in [-0.25, -0.2) is 9.97 Å². The molecule has 3 aromatic rings. The average molecular weight is 302 g/mol. The summed E-state index contributed by atoms with van der Waals surface area (Å²) in [5.74, 6) is 0.577. The first kappa shape index (κ1) is 13.0. The van der Waals surface area contributed by atoms with Gasteiger partial charge < -0.3 is 0 Å². The molecule has 98 valence electrons. The second-order valence-corrected chi connectivity index (χ2v) is 4.98. The van der Waals surface area contributed by atoms with Crippen molar-refractivity contribution in [3.63, 3.8) is 0 Å². The van der Waals surface area contributed by atoms with Gasteiger partial charge in [-0.05, 0) is 6.07 Å². The first-order valence-electron chi connectivity index (χ1n) is 5.93. The SMILES string of the molecule is Clc1cncc(-c2cc(Cl)nc(-c3ccccc3)n2)c1. The fraction of sp³-hybridized carbons (Fsp3) is 0. The minimum atomic E-state index is 0.383. The van der Waals surface area contributed by atoms with Gasteiger partial charge in [-0.3, -0.25) is 4.98 Å². The van der Waals surface area contributed by atoms with Crippen molar-refractivity contribution in [1.29, 1.82) is 0 Å². The van der Waals surface area contributed by atoms with Gasteiger partial charge in [-0.15, -0.1) is 0 Å². The highest BCUT2D eigenvalue weighted by Crippen LogP contribution is 2.25. The Morgan fingerprint density at radius 2 is 1.60 bits per heavy atom. The fourth-order valence-electron chi connectivity index (χ4n) is 1.83. The Labute approximate surface area is 126 Å². The maximum atomic E-state index is 6.09. The van der Waals surface area contributed by atoms with E-state index in [1.807, 2.05) is 30.3 Å². The molecule has 0 bridgehead atoms. The summed E-state index contributed by atoms with van der Waals surface area (Å²) in [6, 6.07) is 13.2. The van der Waals surface area contributed by atoms with Crippen molar-refractivity contribution < 1.29 is 0 Å². The summed E-state index contributed by atoms with van der Waals surface area (Å²) in [6.45, 7) is 0. The minimum absolute atomic E-state index is 0.383. The quantitative estimate of drug-likeness (QED) is 0.654. The van der Waals surface area contributed by atoms with Crippen molar-refractivity contribution in [3.8, 4) is 22.6 Å². The second kappa shape index (κ2) is 5.57. The Bertz CT molecular complexity index is 745. The van der Waals surface area contributed by atoms with Crippen LogP contribution < -0.4 is 0 Å². The summed E-state index contributed by atoms with van der Waals surface area (Å²) in [6.07, 6.45) is 3.27. The van der Waals surface area contributed by atoms with Gasteiger partial charge >= 0.3 is 0 Å². The van der Waals surface area contributed by atoms with Crippen LogP contribution in [0.1, 0.15) is 0 Å². The Morgan fingerprint density at radius 3 is 2.35 bits per heavy atom. The summed E-state index contributed by atoms with van der Waals surface area (Å²) in [5, 5.41) is 0.937. The lowest BCUT2D eigenvalue weighted by molar-refractivity contribution is 1.17. The van der Waals surface area contributed by atoms with E-state index in [2.05, 4.69) is 15.0 Å². The van der Waals surface area contributed by atoms with Crippen molar-refractivity contribution in [2.75, 3.05) is 0 Å². The average Bonchev–Trinajstić information content (AvgIpc) is 2.47. The van der Waals surface area contributed by atoms with Crippen molar-refractivity contribution in [1.82, 2.24) is 15.0 Å². The van der Waals surface area contributed by atoms with Crippen LogP contribution in [-0.2, 0) is 0 Å². The standard InChI is InChI=1S/C15H9Cl2N3/c16-12-6-11(8-18-9-12)13-7-14(17)20-15(19-13)10-4-2-1-3-5-10/h1-9H. The summed E-state index contributed by atoms with van der Waals surface area (Å²) in [4.78, 5) is 12.8. The van der Waals surface area contributed by atoms with E-state index in [9.17, 15) is 0 Å². The van der Waals surface area contributed by atoms with E-state index in [-0.39, 0.29) is 0 Å². The first-order chi connectivity index (χ1) is 9.72. The van der Waals surface area contributed by atoms with Crippen molar-refractivity contribution in [3.05, 3.63) is 65.0 Å². The van der Waals surface area contributed by atoms with Crippen molar-refractivity contribution >= 4 is 23.2 Å². The van der Waals surface area contributed by atoms with Crippen LogP contribution in [0.25, 0.3) is 22.6 Å². The lowest BCUT2D eigenvalue weighted by atomic mass is 10.2. The zero-order valence-corrected chi connectivity index (χ0v) is 11.8. The molecular weight excluding hydrogens is 293 g/mol. The molecule has 0 unspecified atom stereocenters. The third kappa shape index (κ3) is 2.79. The number of nitrogens with zero attached hydrogens (tertiary/aromatic N) is 3. The molecule has 0 saturated carbocycles. The molecule has 3 rings (SSSR count). The molecule has 2 aromatic heterocycles. The van der Waals surface area contributed by atoms with E-state index < -0.39 is 0 Å². The maximum absolute atomic E-state index is 6.09. The van der Waals surface area contributed by atoms with Crippen LogP contribution in [0.5, 0.6) is 0 Å². The van der Waals surface area contributed by atoms with E-state index in [0.717, 1.165) is 11.1 Å². The Kier molecular flexibility index (Phi) is 3.63. The highest BCUT2D eigenvalue weighted by atomic mass is 35.5. The monoisotopic (exact) mass is 301 g/mol. The number of hydrogen-bond donors (Lipinski definition) is 0. The third-order valence-corrected chi connectivity index (χ3v) is 3.13. The maximum Gasteiger partial charge on any atom is 0.161 e. The molecule has 0 spiro atoms. The normalized spacial score (nSPS) is 10.5. The van der Waals surface area contributed by atoms with E-state index in [1.54, 1.807) is 24.5 Å². The van der Waals surface area contributed by atoms with Crippen LogP contribution in [0.2, 0.25) is 10.2 Å². The molecule has 0 aliphatic rings. The summed E-state index contributed by atoms with van der Waals surface area (Å²) in [5.41, 5.74) is 2.41. The molecule has 0 amide bonds. The van der Waals surface area contributed by atoms with Crippen LogP contribution in [0.4, 0.5) is 0 Å². The lowest BCUT2D eigenvalue weighted by Crippen LogP contribution is -1.93. The predicted molar refractivity (Wildman–Crippen MR) is 80.7 cm³/mol.